The molecule has 0 rings (SSSR count). The highest BCUT2D eigenvalue weighted by atomic mass is 35.5. The van der Waals surface area contributed by atoms with Crippen molar-refractivity contribution in [3.05, 3.63) is 12.0 Å². The van der Waals surface area contributed by atoms with Crippen LogP contribution in [-0.2, 0) is 9.47 Å². The molecule has 60 valence electrons. The van der Waals surface area contributed by atoms with E-state index in [4.69, 9.17) is 11.1 Å². The topological polar surface area (TPSA) is 68.3 Å². The van der Waals surface area contributed by atoms with E-state index in [0.717, 1.165) is 0 Å². The maximum absolute atomic E-state index is 6.91. The third kappa shape index (κ3) is 5.24. The summed E-state index contributed by atoms with van der Waals surface area (Å²) in [7, 11) is 2.82. The van der Waals surface area contributed by atoms with Gasteiger partial charge in [0.1, 0.15) is 0 Å². The Bertz CT molecular complexity index is 136. The Kier molecular flexibility index (Phi) is 7.37. The molecule has 0 saturated heterocycles. The van der Waals surface area contributed by atoms with E-state index in [1.807, 2.05) is 0 Å². The average molecular weight is 167 g/mol. The van der Waals surface area contributed by atoms with Crippen molar-refractivity contribution < 1.29 is 9.47 Å². The molecule has 0 amide bonds. The lowest BCUT2D eigenvalue weighted by molar-refractivity contribution is 0.286. The van der Waals surface area contributed by atoms with Gasteiger partial charge >= 0.3 is 0 Å². The number of ether oxygens (including phenoxy) is 2. The molecule has 5 heteroatoms. The molecule has 0 unspecified atom stereocenters. The van der Waals surface area contributed by atoms with Gasteiger partial charge in [0.2, 0.25) is 5.90 Å². The fourth-order valence-corrected chi connectivity index (χ4v) is 0.247. The fraction of sp³-hybridized carbons (Fsp3) is 0.400. The Morgan fingerprint density at radius 1 is 1.40 bits per heavy atom. The summed E-state index contributed by atoms with van der Waals surface area (Å²) in [5.74, 6) is 0.149. The molecule has 0 aliphatic carbocycles. The third-order valence-electron chi connectivity index (χ3n) is 0.729. The molecule has 0 aliphatic heterocycles. The molecule has 4 nitrogen and oxygen atoms in total. The molecule has 0 saturated carbocycles. The normalized spacial score (nSPS) is 9.60. The quantitative estimate of drug-likeness (QED) is 0.356. The minimum atomic E-state index is -0.0191. The lowest BCUT2D eigenvalue weighted by Crippen LogP contribution is -2.04. The van der Waals surface area contributed by atoms with Crippen LogP contribution in [0.25, 0.3) is 0 Å². The van der Waals surface area contributed by atoms with Gasteiger partial charge in [0.15, 0.2) is 5.88 Å². The van der Waals surface area contributed by atoms with Gasteiger partial charge in [0.05, 0.1) is 20.3 Å². The first kappa shape index (κ1) is 11.8. The SMILES string of the molecule is COC(=N)/C=C(/N)OC.Cl. The molecule has 10 heavy (non-hydrogen) atoms. The number of hydrogen-bond acceptors (Lipinski definition) is 4. The van der Waals surface area contributed by atoms with Crippen LogP contribution in [0.15, 0.2) is 12.0 Å². The molecule has 0 aliphatic rings. The van der Waals surface area contributed by atoms with E-state index in [-0.39, 0.29) is 24.2 Å². The van der Waals surface area contributed by atoms with E-state index in [9.17, 15) is 0 Å². The second kappa shape index (κ2) is 6.22. The van der Waals surface area contributed by atoms with Crippen molar-refractivity contribution in [1.29, 1.82) is 5.41 Å². The van der Waals surface area contributed by atoms with Gasteiger partial charge in [0, 0.05) is 0 Å². The predicted octanol–water partition coefficient (Wildman–Crippen LogP) is 0.478. The molecular formula is C5H11ClN2O2. The van der Waals surface area contributed by atoms with Gasteiger partial charge < -0.3 is 15.2 Å². The Labute approximate surface area is 65.9 Å². The summed E-state index contributed by atoms with van der Waals surface area (Å²) >= 11 is 0. The molecule has 0 aromatic rings. The summed E-state index contributed by atoms with van der Waals surface area (Å²) in [5.41, 5.74) is 5.17. The molecule has 0 bridgehead atoms. The Morgan fingerprint density at radius 2 is 1.90 bits per heavy atom. The van der Waals surface area contributed by atoms with Gasteiger partial charge in [-0.05, 0) is 0 Å². The van der Waals surface area contributed by atoms with Crippen molar-refractivity contribution >= 4 is 18.3 Å². The lowest BCUT2D eigenvalue weighted by atomic mass is 10.6. The first-order valence-electron chi connectivity index (χ1n) is 2.34. The second-order valence-electron chi connectivity index (χ2n) is 1.32. The minimum Gasteiger partial charge on any atom is -0.483 e. The summed E-state index contributed by atoms with van der Waals surface area (Å²) in [6.07, 6.45) is 1.28. The minimum absolute atomic E-state index is 0. The first-order valence-corrected chi connectivity index (χ1v) is 2.34. The van der Waals surface area contributed by atoms with Crippen LogP contribution >= 0.6 is 12.4 Å². The molecule has 0 aromatic heterocycles. The monoisotopic (exact) mass is 166 g/mol. The molecule has 0 atom stereocenters. The van der Waals surface area contributed by atoms with Crippen LogP contribution in [0.4, 0.5) is 0 Å². The van der Waals surface area contributed by atoms with Gasteiger partial charge in [-0.3, -0.25) is 5.41 Å². The van der Waals surface area contributed by atoms with Crippen LogP contribution in [0.3, 0.4) is 0 Å². The number of halogens is 1. The van der Waals surface area contributed by atoms with Gasteiger partial charge in [0.25, 0.3) is 0 Å². The van der Waals surface area contributed by atoms with Crippen LogP contribution in [0, 0.1) is 5.41 Å². The van der Waals surface area contributed by atoms with Crippen LogP contribution in [-0.4, -0.2) is 20.1 Å². The van der Waals surface area contributed by atoms with Crippen LogP contribution in [0.1, 0.15) is 0 Å². The molecular weight excluding hydrogens is 156 g/mol. The molecule has 0 fully saturated rings. The maximum Gasteiger partial charge on any atom is 0.210 e. The van der Waals surface area contributed by atoms with Crippen molar-refractivity contribution in [2.75, 3.05) is 14.2 Å². The van der Waals surface area contributed by atoms with Crippen molar-refractivity contribution in [2.45, 2.75) is 0 Å². The van der Waals surface area contributed by atoms with Crippen molar-refractivity contribution in [2.24, 2.45) is 5.73 Å². The van der Waals surface area contributed by atoms with E-state index >= 15 is 0 Å². The molecule has 0 spiro atoms. The molecule has 0 radical (unpaired) electrons. The Balaban J connectivity index is 0. The maximum atomic E-state index is 6.91. The Morgan fingerprint density at radius 3 is 2.20 bits per heavy atom. The van der Waals surface area contributed by atoms with Crippen LogP contribution in [0.5, 0.6) is 0 Å². The summed E-state index contributed by atoms with van der Waals surface area (Å²) in [4.78, 5) is 0. The van der Waals surface area contributed by atoms with Crippen molar-refractivity contribution in [3.8, 4) is 0 Å². The molecule has 3 N–H and O–H groups in total. The van der Waals surface area contributed by atoms with E-state index in [2.05, 4.69) is 9.47 Å². The number of nitrogens with two attached hydrogens (primary N) is 1. The van der Waals surface area contributed by atoms with Crippen molar-refractivity contribution in [1.82, 2.24) is 0 Å². The molecule has 0 aromatic carbocycles. The largest absolute Gasteiger partial charge is 0.483 e. The summed E-state index contributed by atoms with van der Waals surface area (Å²) in [6.45, 7) is 0. The zero-order valence-corrected chi connectivity index (χ0v) is 6.70. The summed E-state index contributed by atoms with van der Waals surface area (Å²) in [6, 6.07) is 0. The third-order valence-corrected chi connectivity index (χ3v) is 0.729. The number of hydrogen-bond donors (Lipinski definition) is 2. The average Bonchev–Trinajstić information content (AvgIpc) is 1.87. The summed E-state index contributed by atoms with van der Waals surface area (Å²) < 4.78 is 9.01. The first-order chi connectivity index (χ1) is 4.20. The standard InChI is InChI=1S/C5H10N2O2.ClH/c1-8-4(6)3-5(7)9-2;/h3,6H,7H2,1-2H3;1H/b5-3-,6-4?;. The second-order valence-corrected chi connectivity index (χ2v) is 1.32. The number of rotatable bonds is 2. The highest BCUT2D eigenvalue weighted by Crippen LogP contribution is 1.84. The van der Waals surface area contributed by atoms with Crippen LogP contribution < -0.4 is 5.73 Å². The van der Waals surface area contributed by atoms with Gasteiger partial charge in [-0.1, -0.05) is 0 Å². The number of nitrogens with one attached hydrogen (secondary N) is 1. The zero-order valence-electron chi connectivity index (χ0n) is 5.88. The summed E-state index contributed by atoms with van der Waals surface area (Å²) in [5, 5.41) is 6.91. The van der Waals surface area contributed by atoms with E-state index < -0.39 is 0 Å². The Hall–Kier alpha value is -0.900. The van der Waals surface area contributed by atoms with Crippen LogP contribution in [0.2, 0.25) is 0 Å². The van der Waals surface area contributed by atoms with E-state index in [1.54, 1.807) is 0 Å². The van der Waals surface area contributed by atoms with E-state index in [0.29, 0.717) is 0 Å². The van der Waals surface area contributed by atoms with Gasteiger partial charge in [-0.15, -0.1) is 12.4 Å². The van der Waals surface area contributed by atoms with Gasteiger partial charge in [-0.25, -0.2) is 0 Å². The van der Waals surface area contributed by atoms with Crippen molar-refractivity contribution in [3.63, 3.8) is 0 Å². The lowest BCUT2D eigenvalue weighted by Gasteiger charge is -1.97. The number of methoxy groups -OCH3 is 2. The zero-order chi connectivity index (χ0) is 7.28. The predicted molar refractivity (Wildman–Crippen MR) is 41.3 cm³/mol. The highest BCUT2D eigenvalue weighted by molar-refractivity contribution is 5.85. The fourth-order valence-electron chi connectivity index (χ4n) is 0.247. The smallest absolute Gasteiger partial charge is 0.210 e. The van der Waals surface area contributed by atoms with E-state index in [1.165, 1.54) is 20.3 Å². The highest BCUT2D eigenvalue weighted by Gasteiger charge is 1.89. The molecule has 0 heterocycles. The van der Waals surface area contributed by atoms with Gasteiger partial charge in [-0.2, -0.15) is 0 Å².